The Labute approximate surface area is 126 Å². The van der Waals surface area contributed by atoms with E-state index in [4.69, 9.17) is 10.5 Å². The fourth-order valence-corrected chi connectivity index (χ4v) is 2.08. The van der Waals surface area contributed by atoms with Crippen molar-refractivity contribution in [1.82, 2.24) is 0 Å². The molecule has 0 heterocycles. The van der Waals surface area contributed by atoms with Crippen molar-refractivity contribution in [2.24, 2.45) is 5.73 Å². The molecule has 0 aromatic heterocycles. The molecular weight excluding hydrogens is 351 g/mol. The zero-order valence-corrected chi connectivity index (χ0v) is 12.0. The van der Waals surface area contributed by atoms with Crippen molar-refractivity contribution in [2.75, 3.05) is 0 Å². The van der Waals surface area contributed by atoms with Crippen LogP contribution >= 0.6 is 15.9 Å². The number of amides is 1. The molecule has 0 saturated carbocycles. The number of carbonyl (C=O) groups is 1. The number of carbonyl (C=O) groups excluding carboxylic acids is 1. The van der Waals surface area contributed by atoms with Crippen LogP contribution in [0.15, 0.2) is 46.9 Å². The molecule has 21 heavy (non-hydrogen) atoms. The summed E-state index contributed by atoms with van der Waals surface area (Å²) < 4.78 is 44.8. The van der Waals surface area contributed by atoms with E-state index < -0.39 is 23.2 Å². The minimum Gasteiger partial charge on any atom is -0.457 e. The van der Waals surface area contributed by atoms with Crippen molar-refractivity contribution in [3.05, 3.63) is 58.1 Å². The number of halogens is 4. The van der Waals surface area contributed by atoms with Crippen LogP contribution in [0.25, 0.3) is 0 Å². The molecule has 0 fully saturated rings. The van der Waals surface area contributed by atoms with Crippen LogP contribution in [0, 0.1) is 0 Å². The van der Waals surface area contributed by atoms with Gasteiger partial charge in [-0.1, -0.05) is 22.0 Å². The van der Waals surface area contributed by atoms with Crippen molar-refractivity contribution >= 4 is 21.8 Å². The molecule has 3 nitrogen and oxygen atoms in total. The molecule has 0 radical (unpaired) electrons. The molecule has 2 rings (SSSR count). The Kier molecular flexibility index (Phi) is 4.22. The molecule has 0 saturated heterocycles. The number of hydrogen-bond donors (Lipinski definition) is 1. The van der Waals surface area contributed by atoms with Gasteiger partial charge in [0.2, 0.25) is 5.91 Å². The lowest BCUT2D eigenvalue weighted by Crippen LogP contribution is -2.18. The second-order valence-electron chi connectivity index (χ2n) is 4.13. The number of ether oxygens (including phenoxy) is 1. The summed E-state index contributed by atoms with van der Waals surface area (Å²) in [4.78, 5) is 11.1. The van der Waals surface area contributed by atoms with Gasteiger partial charge in [-0.15, -0.1) is 0 Å². The van der Waals surface area contributed by atoms with Gasteiger partial charge < -0.3 is 10.5 Å². The zero-order valence-electron chi connectivity index (χ0n) is 10.4. The third-order valence-corrected chi connectivity index (χ3v) is 3.09. The summed E-state index contributed by atoms with van der Waals surface area (Å²) in [6, 6.07) is 9.65. The SMILES string of the molecule is NC(=O)c1ccc(Oc2cccc(Br)c2)cc1C(F)(F)F. The highest BCUT2D eigenvalue weighted by molar-refractivity contribution is 9.10. The average Bonchev–Trinajstić information content (AvgIpc) is 2.37. The van der Waals surface area contributed by atoms with E-state index >= 15 is 0 Å². The summed E-state index contributed by atoms with van der Waals surface area (Å²) in [6.07, 6.45) is -4.69. The second-order valence-corrected chi connectivity index (χ2v) is 5.04. The Morgan fingerprint density at radius 3 is 2.33 bits per heavy atom. The van der Waals surface area contributed by atoms with E-state index in [0.29, 0.717) is 5.75 Å². The van der Waals surface area contributed by atoms with E-state index in [0.717, 1.165) is 16.6 Å². The van der Waals surface area contributed by atoms with E-state index in [1.54, 1.807) is 24.3 Å². The largest absolute Gasteiger partial charge is 0.457 e. The van der Waals surface area contributed by atoms with Crippen molar-refractivity contribution in [2.45, 2.75) is 6.18 Å². The summed E-state index contributed by atoms with van der Waals surface area (Å²) in [5, 5.41) is 0. The van der Waals surface area contributed by atoms with E-state index in [1.807, 2.05) is 0 Å². The Bertz CT molecular complexity index is 686. The smallest absolute Gasteiger partial charge is 0.417 e. The van der Waals surface area contributed by atoms with Crippen LogP contribution in [0.3, 0.4) is 0 Å². The summed E-state index contributed by atoms with van der Waals surface area (Å²) in [5.74, 6) is -0.814. The van der Waals surface area contributed by atoms with Gasteiger partial charge in [0.15, 0.2) is 0 Å². The van der Waals surface area contributed by atoms with Crippen molar-refractivity contribution < 1.29 is 22.7 Å². The van der Waals surface area contributed by atoms with E-state index in [2.05, 4.69) is 15.9 Å². The first-order valence-corrected chi connectivity index (χ1v) is 6.51. The van der Waals surface area contributed by atoms with Gasteiger partial charge in [-0.25, -0.2) is 0 Å². The number of alkyl halides is 3. The molecule has 2 aromatic rings. The molecule has 7 heteroatoms. The number of rotatable bonds is 3. The van der Waals surface area contributed by atoms with Crippen LogP contribution in [-0.4, -0.2) is 5.91 Å². The number of hydrogen-bond acceptors (Lipinski definition) is 2. The molecule has 0 bridgehead atoms. The van der Waals surface area contributed by atoms with Gasteiger partial charge in [-0.05, 0) is 36.4 Å². The topological polar surface area (TPSA) is 52.3 Å². The molecule has 0 atom stereocenters. The molecule has 2 aromatic carbocycles. The molecule has 0 spiro atoms. The second kappa shape index (κ2) is 5.77. The summed E-state index contributed by atoms with van der Waals surface area (Å²) in [6.45, 7) is 0. The van der Waals surface area contributed by atoms with Crippen molar-refractivity contribution in [1.29, 1.82) is 0 Å². The van der Waals surface area contributed by atoms with Gasteiger partial charge in [0.1, 0.15) is 11.5 Å². The summed E-state index contributed by atoms with van der Waals surface area (Å²) >= 11 is 3.23. The first-order chi connectivity index (χ1) is 9.77. The van der Waals surface area contributed by atoms with E-state index in [-0.39, 0.29) is 5.75 Å². The first kappa shape index (κ1) is 15.4. The first-order valence-electron chi connectivity index (χ1n) is 5.72. The van der Waals surface area contributed by atoms with Crippen LogP contribution in [0.2, 0.25) is 0 Å². The molecule has 2 N–H and O–H groups in total. The third-order valence-electron chi connectivity index (χ3n) is 2.59. The Morgan fingerprint density at radius 1 is 1.10 bits per heavy atom. The maximum Gasteiger partial charge on any atom is 0.417 e. The maximum absolute atomic E-state index is 12.9. The van der Waals surface area contributed by atoms with Gasteiger partial charge in [0.05, 0.1) is 11.1 Å². The quantitative estimate of drug-likeness (QED) is 0.884. The Balaban J connectivity index is 2.40. The van der Waals surface area contributed by atoms with Gasteiger partial charge in [0, 0.05) is 4.47 Å². The molecule has 1 amide bonds. The average molecular weight is 360 g/mol. The number of benzene rings is 2. The lowest BCUT2D eigenvalue weighted by molar-refractivity contribution is -0.138. The lowest BCUT2D eigenvalue weighted by Gasteiger charge is -2.13. The van der Waals surface area contributed by atoms with E-state index in [9.17, 15) is 18.0 Å². The predicted molar refractivity (Wildman–Crippen MR) is 74.2 cm³/mol. The van der Waals surface area contributed by atoms with Crippen LogP contribution in [0.1, 0.15) is 15.9 Å². The minimum absolute atomic E-state index is 0.0366. The normalized spacial score (nSPS) is 11.2. The van der Waals surface area contributed by atoms with Gasteiger partial charge in [-0.3, -0.25) is 4.79 Å². The van der Waals surface area contributed by atoms with Crippen molar-refractivity contribution in [3.8, 4) is 11.5 Å². The highest BCUT2D eigenvalue weighted by atomic mass is 79.9. The standard InChI is InChI=1S/C14H9BrF3NO2/c15-8-2-1-3-9(6-8)21-10-4-5-11(13(19)20)12(7-10)14(16,17)18/h1-7H,(H2,19,20). The molecule has 0 aliphatic heterocycles. The molecule has 0 aliphatic carbocycles. The monoisotopic (exact) mass is 359 g/mol. The Hall–Kier alpha value is -2.02. The van der Waals surface area contributed by atoms with Crippen LogP contribution in [0.4, 0.5) is 13.2 Å². The molecule has 110 valence electrons. The van der Waals surface area contributed by atoms with Crippen LogP contribution in [0.5, 0.6) is 11.5 Å². The van der Waals surface area contributed by atoms with Gasteiger partial charge in [0.25, 0.3) is 0 Å². The Morgan fingerprint density at radius 2 is 1.76 bits per heavy atom. The molecule has 0 unspecified atom stereocenters. The fraction of sp³-hybridized carbons (Fsp3) is 0.0714. The van der Waals surface area contributed by atoms with E-state index in [1.165, 1.54) is 6.07 Å². The van der Waals surface area contributed by atoms with Gasteiger partial charge >= 0.3 is 6.18 Å². The minimum atomic E-state index is -4.69. The van der Waals surface area contributed by atoms with Crippen molar-refractivity contribution in [3.63, 3.8) is 0 Å². The number of primary amides is 1. The summed E-state index contributed by atoms with van der Waals surface area (Å²) in [5.41, 5.74) is 3.23. The maximum atomic E-state index is 12.9. The molecule has 0 aliphatic rings. The van der Waals surface area contributed by atoms with Gasteiger partial charge in [-0.2, -0.15) is 13.2 Å². The molecular formula is C14H9BrF3NO2. The number of nitrogens with two attached hydrogens (primary N) is 1. The fourth-order valence-electron chi connectivity index (χ4n) is 1.70. The highest BCUT2D eigenvalue weighted by Gasteiger charge is 2.35. The third kappa shape index (κ3) is 3.75. The zero-order chi connectivity index (χ0) is 15.6. The van der Waals surface area contributed by atoms with Crippen LogP contribution in [-0.2, 0) is 6.18 Å². The summed E-state index contributed by atoms with van der Waals surface area (Å²) in [7, 11) is 0. The highest BCUT2D eigenvalue weighted by Crippen LogP contribution is 2.35. The lowest BCUT2D eigenvalue weighted by atomic mass is 10.1. The predicted octanol–water partition coefficient (Wildman–Crippen LogP) is 4.36. The van der Waals surface area contributed by atoms with Crippen LogP contribution < -0.4 is 10.5 Å².